The fourth-order valence-electron chi connectivity index (χ4n) is 6.21. The Morgan fingerprint density at radius 3 is 1.40 bits per heavy atom. The van der Waals surface area contributed by atoms with Crippen molar-refractivity contribution in [2.45, 2.75) is 176 Å². The molecule has 0 spiro atoms. The van der Waals surface area contributed by atoms with E-state index < -0.39 is 112 Å². The van der Waals surface area contributed by atoms with E-state index in [1.807, 2.05) is 0 Å². The quantitative estimate of drug-likeness (QED) is 0.0590. The Morgan fingerprint density at radius 1 is 0.438 bits per heavy atom. The Labute approximate surface area is 282 Å². The van der Waals surface area contributed by atoms with Gasteiger partial charge in [0.25, 0.3) is 0 Å². The smallest absolute Gasteiger partial charge is 0.187 e. The SMILES string of the molecule is CCCCCCCCCCCCCCO[C@H]1O[C@H](CO[C@H]2O[C@H](CO)[C@@H](O)[C@H](O)[C@H]2O)[C@@H](O)[C@H](O[C@H]2O[C@H](CO)[C@@H](O)[C@H](O)[C@H]2O)[C@@H]1O. The molecule has 3 aliphatic rings. The normalized spacial score (nSPS) is 40.7. The molecule has 0 saturated carbocycles. The molecule has 0 aromatic heterocycles. The van der Waals surface area contributed by atoms with Gasteiger partial charge in [-0.15, -0.1) is 0 Å². The third kappa shape index (κ3) is 11.7. The van der Waals surface area contributed by atoms with Crippen molar-refractivity contribution in [1.29, 1.82) is 0 Å². The summed E-state index contributed by atoms with van der Waals surface area (Å²) in [4.78, 5) is 0. The lowest BCUT2D eigenvalue weighted by Gasteiger charge is -2.46. The zero-order chi connectivity index (χ0) is 35.2. The molecule has 3 rings (SSSR count). The molecule has 0 unspecified atom stereocenters. The third-order valence-electron chi connectivity index (χ3n) is 9.33. The molecule has 15 atom stereocenters. The number of rotatable bonds is 21. The molecule has 3 heterocycles. The minimum Gasteiger partial charge on any atom is -0.394 e. The first kappa shape index (κ1) is 41.8. The van der Waals surface area contributed by atoms with Gasteiger partial charge in [-0.2, -0.15) is 0 Å². The first-order chi connectivity index (χ1) is 23.0. The van der Waals surface area contributed by atoms with Gasteiger partial charge in [-0.05, 0) is 6.42 Å². The van der Waals surface area contributed by atoms with Crippen LogP contribution in [0.4, 0.5) is 0 Å². The lowest BCUT2D eigenvalue weighted by Crippen LogP contribution is -2.65. The summed E-state index contributed by atoms with van der Waals surface area (Å²) in [5.74, 6) is 0. The number of ether oxygens (including phenoxy) is 6. The monoisotopic (exact) mass is 700 g/mol. The van der Waals surface area contributed by atoms with E-state index >= 15 is 0 Å². The summed E-state index contributed by atoms with van der Waals surface area (Å²) >= 11 is 0. The largest absolute Gasteiger partial charge is 0.394 e. The molecule has 48 heavy (non-hydrogen) atoms. The number of unbranched alkanes of at least 4 members (excludes halogenated alkanes) is 11. The van der Waals surface area contributed by atoms with Crippen molar-refractivity contribution in [1.82, 2.24) is 0 Å². The van der Waals surface area contributed by atoms with Gasteiger partial charge in [0.2, 0.25) is 0 Å². The van der Waals surface area contributed by atoms with Crippen LogP contribution in [0.15, 0.2) is 0 Å². The Bertz CT molecular complexity index is 853. The molecule has 16 heteroatoms. The van der Waals surface area contributed by atoms with E-state index in [1.54, 1.807) is 0 Å². The van der Waals surface area contributed by atoms with E-state index in [0.717, 1.165) is 19.3 Å². The highest BCUT2D eigenvalue weighted by atomic mass is 16.7. The van der Waals surface area contributed by atoms with Gasteiger partial charge in [-0.3, -0.25) is 0 Å². The molecule has 0 bridgehead atoms. The molecule has 0 aliphatic carbocycles. The van der Waals surface area contributed by atoms with Gasteiger partial charge in [-0.1, -0.05) is 77.6 Å². The van der Waals surface area contributed by atoms with Crippen molar-refractivity contribution in [2.24, 2.45) is 0 Å². The molecule has 0 amide bonds. The average molecular weight is 701 g/mol. The Kier molecular flexibility index (Phi) is 18.9. The lowest BCUT2D eigenvalue weighted by atomic mass is 9.96. The van der Waals surface area contributed by atoms with Crippen molar-refractivity contribution in [3.63, 3.8) is 0 Å². The molecule has 0 aromatic rings. The Balaban J connectivity index is 1.56. The topological polar surface area (TPSA) is 258 Å². The van der Waals surface area contributed by atoms with Gasteiger partial charge in [-0.25, -0.2) is 0 Å². The van der Waals surface area contributed by atoms with Crippen LogP contribution in [0.3, 0.4) is 0 Å². The van der Waals surface area contributed by atoms with Gasteiger partial charge in [0.05, 0.1) is 19.8 Å². The maximum absolute atomic E-state index is 11.2. The van der Waals surface area contributed by atoms with Crippen molar-refractivity contribution in [3.05, 3.63) is 0 Å². The summed E-state index contributed by atoms with van der Waals surface area (Å²) < 4.78 is 33.7. The van der Waals surface area contributed by atoms with Crippen LogP contribution in [0.1, 0.15) is 84.0 Å². The van der Waals surface area contributed by atoms with E-state index in [4.69, 9.17) is 28.4 Å². The van der Waals surface area contributed by atoms with Crippen LogP contribution in [0, 0.1) is 0 Å². The molecule has 0 aromatic carbocycles. The molecule has 10 N–H and O–H groups in total. The first-order valence-corrected chi connectivity index (χ1v) is 17.6. The zero-order valence-corrected chi connectivity index (χ0v) is 27.9. The van der Waals surface area contributed by atoms with Crippen LogP contribution in [0.5, 0.6) is 0 Å². The fraction of sp³-hybridized carbons (Fsp3) is 1.00. The summed E-state index contributed by atoms with van der Waals surface area (Å²) in [6.45, 7) is 0.501. The summed E-state index contributed by atoms with van der Waals surface area (Å²) in [5, 5.41) is 103. The van der Waals surface area contributed by atoms with Crippen molar-refractivity contribution in [3.8, 4) is 0 Å². The van der Waals surface area contributed by atoms with E-state index in [9.17, 15) is 51.1 Å². The molecule has 0 radical (unpaired) electrons. The van der Waals surface area contributed by atoms with Gasteiger partial charge < -0.3 is 79.5 Å². The number of aliphatic hydroxyl groups is 10. The second-order valence-corrected chi connectivity index (χ2v) is 13.1. The van der Waals surface area contributed by atoms with Crippen LogP contribution in [0.25, 0.3) is 0 Å². The highest BCUT2D eigenvalue weighted by molar-refractivity contribution is 4.95. The van der Waals surface area contributed by atoms with E-state index in [1.165, 1.54) is 51.4 Å². The highest BCUT2D eigenvalue weighted by Gasteiger charge is 2.52. The highest BCUT2D eigenvalue weighted by Crippen LogP contribution is 2.31. The fourth-order valence-corrected chi connectivity index (χ4v) is 6.21. The van der Waals surface area contributed by atoms with Gasteiger partial charge in [0.1, 0.15) is 73.2 Å². The van der Waals surface area contributed by atoms with Gasteiger partial charge >= 0.3 is 0 Å². The molecule has 3 fully saturated rings. The lowest BCUT2D eigenvalue weighted by molar-refractivity contribution is -0.366. The summed E-state index contributed by atoms with van der Waals surface area (Å²) in [6.07, 6.45) is -9.79. The standard InChI is InChI=1S/C32H60O16/c1-2-3-4-5-6-7-8-9-10-11-12-13-14-43-31-28(42)29(48-32-27(41)25(39)22(36)19(16-34)46-32)23(37)20(47-31)17-44-30-26(40)24(38)21(35)18(15-33)45-30/h18-42H,2-17H2,1H3/t18-,19-,20-,21-,22-,23-,24+,25+,26-,27-,28+,29+,30+,31+,32-/m1/s1. The molecular weight excluding hydrogens is 640 g/mol. The van der Waals surface area contributed by atoms with E-state index in [-0.39, 0.29) is 6.61 Å². The summed E-state index contributed by atoms with van der Waals surface area (Å²) in [5.41, 5.74) is 0. The molecule has 3 aliphatic heterocycles. The van der Waals surface area contributed by atoms with E-state index in [0.29, 0.717) is 6.42 Å². The number of hydrogen-bond acceptors (Lipinski definition) is 16. The Hall–Kier alpha value is -0.640. The maximum atomic E-state index is 11.2. The van der Waals surface area contributed by atoms with Crippen LogP contribution in [-0.2, 0) is 28.4 Å². The van der Waals surface area contributed by atoms with Crippen molar-refractivity contribution >= 4 is 0 Å². The van der Waals surface area contributed by atoms with Crippen LogP contribution < -0.4 is 0 Å². The van der Waals surface area contributed by atoms with Crippen molar-refractivity contribution < 1.29 is 79.5 Å². The van der Waals surface area contributed by atoms with Gasteiger partial charge in [0.15, 0.2) is 18.9 Å². The second-order valence-electron chi connectivity index (χ2n) is 13.1. The predicted octanol–water partition coefficient (Wildman–Crippen LogP) is -1.85. The maximum Gasteiger partial charge on any atom is 0.187 e. The second kappa shape index (κ2) is 21.7. The van der Waals surface area contributed by atoms with Crippen LogP contribution in [0.2, 0.25) is 0 Å². The number of aliphatic hydroxyl groups excluding tert-OH is 10. The minimum atomic E-state index is -1.81. The molecule has 3 saturated heterocycles. The minimum absolute atomic E-state index is 0.197. The van der Waals surface area contributed by atoms with Crippen LogP contribution in [-0.4, -0.2) is 170 Å². The van der Waals surface area contributed by atoms with Gasteiger partial charge in [0, 0.05) is 6.61 Å². The summed E-state index contributed by atoms with van der Waals surface area (Å²) in [7, 11) is 0. The average Bonchev–Trinajstić information content (AvgIpc) is 3.08. The van der Waals surface area contributed by atoms with Crippen molar-refractivity contribution in [2.75, 3.05) is 26.4 Å². The molecular formula is C32H60O16. The molecule has 16 nitrogen and oxygen atoms in total. The first-order valence-electron chi connectivity index (χ1n) is 17.6. The molecule has 284 valence electrons. The van der Waals surface area contributed by atoms with Crippen LogP contribution >= 0.6 is 0 Å². The van der Waals surface area contributed by atoms with E-state index in [2.05, 4.69) is 6.92 Å². The zero-order valence-electron chi connectivity index (χ0n) is 27.9. The third-order valence-corrected chi connectivity index (χ3v) is 9.33. The summed E-state index contributed by atoms with van der Waals surface area (Å²) in [6, 6.07) is 0. The number of hydrogen-bond donors (Lipinski definition) is 10. The predicted molar refractivity (Wildman–Crippen MR) is 166 cm³/mol. The Morgan fingerprint density at radius 2 is 0.875 bits per heavy atom.